The smallest absolute Gasteiger partial charge is 0.300 e. The second kappa shape index (κ2) is 9.70. The van der Waals surface area contributed by atoms with Gasteiger partial charge in [-0.1, -0.05) is 73.1 Å². The van der Waals surface area contributed by atoms with Gasteiger partial charge in [-0.2, -0.15) is 0 Å². The molecular formula is C29H28BrNO4. The highest BCUT2D eigenvalue weighted by Crippen LogP contribution is 2.43. The fourth-order valence-electron chi connectivity index (χ4n) is 4.38. The Bertz CT molecular complexity index is 1310. The lowest BCUT2D eigenvalue weighted by Gasteiger charge is -2.26. The van der Waals surface area contributed by atoms with Crippen LogP contribution >= 0.6 is 15.9 Å². The molecule has 180 valence electrons. The molecule has 6 heteroatoms. The van der Waals surface area contributed by atoms with E-state index in [2.05, 4.69) is 36.7 Å². The largest absolute Gasteiger partial charge is 0.507 e. The van der Waals surface area contributed by atoms with Gasteiger partial charge in [0, 0.05) is 21.3 Å². The Morgan fingerprint density at radius 1 is 1.00 bits per heavy atom. The van der Waals surface area contributed by atoms with Gasteiger partial charge in [0.05, 0.1) is 18.2 Å². The van der Waals surface area contributed by atoms with E-state index in [9.17, 15) is 14.7 Å². The molecule has 1 amide bonds. The Morgan fingerprint density at radius 3 is 2.34 bits per heavy atom. The molecule has 0 radical (unpaired) electrons. The number of hydrogen-bond donors (Lipinski definition) is 1. The number of carbonyl (C=O) groups is 2. The van der Waals surface area contributed by atoms with Gasteiger partial charge in [0.15, 0.2) is 0 Å². The second-order valence-corrected chi connectivity index (χ2v) is 10.4. The number of anilines is 1. The molecule has 1 fully saturated rings. The Hall–Kier alpha value is -3.38. The Balaban J connectivity index is 1.94. The molecule has 3 aromatic rings. The Kier molecular flexibility index (Phi) is 6.86. The van der Waals surface area contributed by atoms with Crippen molar-refractivity contribution in [3.8, 4) is 5.75 Å². The average molecular weight is 534 g/mol. The van der Waals surface area contributed by atoms with Crippen molar-refractivity contribution in [2.75, 3.05) is 11.5 Å². The molecule has 4 rings (SSSR count). The molecule has 0 saturated carbocycles. The van der Waals surface area contributed by atoms with E-state index in [-0.39, 0.29) is 16.7 Å². The van der Waals surface area contributed by atoms with Crippen molar-refractivity contribution >= 4 is 39.1 Å². The maximum Gasteiger partial charge on any atom is 0.300 e. The number of amides is 1. The number of carbonyl (C=O) groups excluding carboxylic acids is 2. The number of benzene rings is 3. The average Bonchev–Trinajstić information content (AvgIpc) is 3.09. The standard InChI is InChI=1S/C29H28BrNO4/c1-5-35-23-15-14-19(16-22(23)29(2,3)4)26(32)24-25(18-10-7-6-8-11-18)31(28(34)27(24)33)21-13-9-12-20(30)17-21/h6-17,25,32H,5H2,1-4H3/b26-24-. The summed E-state index contributed by atoms with van der Waals surface area (Å²) in [6.07, 6.45) is 0. The highest BCUT2D eigenvalue weighted by atomic mass is 79.9. The fraction of sp³-hybridized carbons (Fsp3) is 0.241. The van der Waals surface area contributed by atoms with Gasteiger partial charge in [-0.25, -0.2) is 0 Å². The van der Waals surface area contributed by atoms with Gasteiger partial charge < -0.3 is 9.84 Å². The first kappa shape index (κ1) is 24.7. The number of hydrogen-bond acceptors (Lipinski definition) is 4. The minimum absolute atomic E-state index is 0.0604. The van der Waals surface area contributed by atoms with Crippen molar-refractivity contribution in [3.05, 3.63) is 99.5 Å². The molecule has 1 atom stereocenters. The minimum atomic E-state index is -0.768. The molecule has 1 aliphatic heterocycles. The van der Waals surface area contributed by atoms with Crippen molar-refractivity contribution in [1.82, 2.24) is 0 Å². The SMILES string of the molecule is CCOc1ccc(/C(O)=C2/C(=O)C(=O)N(c3cccc(Br)c3)C2c2ccccc2)cc1C(C)(C)C. The monoisotopic (exact) mass is 533 g/mol. The summed E-state index contributed by atoms with van der Waals surface area (Å²) in [5.74, 6) is -0.878. The van der Waals surface area contributed by atoms with E-state index in [1.54, 1.807) is 24.3 Å². The van der Waals surface area contributed by atoms with Gasteiger partial charge in [0.25, 0.3) is 11.7 Å². The zero-order valence-electron chi connectivity index (χ0n) is 20.2. The highest BCUT2D eigenvalue weighted by molar-refractivity contribution is 9.10. The van der Waals surface area contributed by atoms with Crippen molar-refractivity contribution < 1.29 is 19.4 Å². The molecule has 3 aromatic carbocycles. The van der Waals surface area contributed by atoms with E-state index in [1.165, 1.54) is 4.90 Å². The lowest BCUT2D eigenvalue weighted by Crippen LogP contribution is -2.29. The van der Waals surface area contributed by atoms with E-state index >= 15 is 0 Å². The summed E-state index contributed by atoms with van der Waals surface area (Å²) in [6, 6.07) is 21.1. The number of aliphatic hydroxyl groups excluding tert-OH is 1. The molecule has 1 saturated heterocycles. The van der Waals surface area contributed by atoms with E-state index in [0.29, 0.717) is 17.9 Å². The van der Waals surface area contributed by atoms with E-state index in [1.807, 2.05) is 55.5 Å². The third-order valence-electron chi connectivity index (χ3n) is 6.01. The summed E-state index contributed by atoms with van der Waals surface area (Å²) in [4.78, 5) is 28.1. The topological polar surface area (TPSA) is 66.8 Å². The van der Waals surface area contributed by atoms with Crippen molar-refractivity contribution in [2.24, 2.45) is 0 Å². The number of rotatable bonds is 5. The maximum atomic E-state index is 13.4. The number of halogens is 1. The lowest BCUT2D eigenvalue weighted by atomic mass is 9.84. The quantitative estimate of drug-likeness (QED) is 0.223. The van der Waals surface area contributed by atoms with Crippen LogP contribution in [0.15, 0.2) is 82.8 Å². The molecule has 0 bridgehead atoms. The molecule has 0 aromatic heterocycles. The van der Waals surface area contributed by atoms with Crippen molar-refractivity contribution in [1.29, 1.82) is 0 Å². The predicted octanol–water partition coefficient (Wildman–Crippen LogP) is 6.77. The van der Waals surface area contributed by atoms with Crippen LogP contribution in [0.1, 0.15) is 50.4 Å². The van der Waals surface area contributed by atoms with Gasteiger partial charge in [0.2, 0.25) is 0 Å². The first-order valence-corrected chi connectivity index (χ1v) is 12.3. The third kappa shape index (κ3) is 4.76. The summed E-state index contributed by atoms with van der Waals surface area (Å²) in [5, 5.41) is 11.5. The molecule has 1 heterocycles. The summed E-state index contributed by atoms with van der Waals surface area (Å²) >= 11 is 3.45. The minimum Gasteiger partial charge on any atom is -0.507 e. The number of ketones is 1. The van der Waals surface area contributed by atoms with E-state index in [0.717, 1.165) is 21.3 Å². The molecule has 0 aliphatic carbocycles. The van der Waals surface area contributed by atoms with Gasteiger partial charge in [0.1, 0.15) is 11.5 Å². The molecule has 5 nitrogen and oxygen atoms in total. The van der Waals surface area contributed by atoms with Gasteiger partial charge >= 0.3 is 0 Å². The number of nitrogens with zero attached hydrogens (tertiary/aromatic N) is 1. The van der Waals surface area contributed by atoms with Crippen LogP contribution in [0.3, 0.4) is 0 Å². The normalized spacial score (nSPS) is 17.6. The molecule has 35 heavy (non-hydrogen) atoms. The third-order valence-corrected chi connectivity index (χ3v) is 6.50. The predicted molar refractivity (Wildman–Crippen MR) is 142 cm³/mol. The fourth-order valence-corrected chi connectivity index (χ4v) is 4.76. The summed E-state index contributed by atoms with van der Waals surface area (Å²) in [6.45, 7) is 8.62. The van der Waals surface area contributed by atoms with Gasteiger partial charge in [-0.15, -0.1) is 0 Å². The van der Waals surface area contributed by atoms with Crippen LogP contribution in [0.5, 0.6) is 5.75 Å². The number of Topliss-reactive ketones (excluding diaryl/α,β-unsaturated/α-hetero) is 1. The van der Waals surface area contributed by atoms with Crippen LogP contribution in [0.25, 0.3) is 5.76 Å². The van der Waals surface area contributed by atoms with Gasteiger partial charge in [-0.3, -0.25) is 14.5 Å². The number of ether oxygens (including phenoxy) is 1. The summed E-state index contributed by atoms with van der Waals surface area (Å²) in [5.41, 5.74) is 2.46. The van der Waals surface area contributed by atoms with Crippen LogP contribution in [0.2, 0.25) is 0 Å². The Labute approximate surface area is 214 Å². The number of aliphatic hydroxyl groups is 1. The van der Waals surface area contributed by atoms with E-state index in [4.69, 9.17) is 4.74 Å². The molecule has 0 spiro atoms. The summed E-state index contributed by atoms with van der Waals surface area (Å²) < 4.78 is 6.59. The van der Waals surface area contributed by atoms with Crippen LogP contribution in [-0.2, 0) is 15.0 Å². The van der Waals surface area contributed by atoms with Crippen LogP contribution in [-0.4, -0.2) is 23.4 Å². The summed E-state index contributed by atoms with van der Waals surface area (Å²) in [7, 11) is 0. The molecule has 1 N–H and O–H groups in total. The van der Waals surface area contributed by atoms with E-state index < -0.39 is 17.7 Å². The first-order valence-electron chi connectivity index (χ1n) is 11.5. The van der Waals surface area contributed by atoms with Crippen LogP contribution in [0.4, 0.5) is 5.69 Å². The lowest BCUT2D eigenvalue weighted by molar-refractivity contribution is -0.132. The molecular weight excluding hydrogens is 506 g/mol. The maximum absolute atomic E-state index is 13.4. The Morgan fingerprint density at radius 2 is 1.71 bits per heavy atom. The second-order valence-electron chi connectivity index (χ2n) is 9.45. The van der Waals surface area contributed by atoms with Crippen LogP contribution < -0.4 is 9.64 Å². The zero-order chi connectivity index (χ0) is 25.3. The first-order chi connectivity index (χ1) is 16.6. The zero-order valence-corrected chi connectivity index (χ0v) is 21.8. The highest BCUT2D eigenvalue weighted by Gasteiger charge is 2.47. The molecule has 1 unspecified atom stereocenters. The van der Waals surface area contributed by atoms with Gasteiger partial charge in [-0.05, 0) is 54.3 Å². The molecule has 1 aliphatic rings. The van der Waals surface area contributed by atoms with Crippen molar-refractivity contribution in [2.45, 2.75) is 39.2 Å². The van der Waals surface area contributed by atoms with Crippen LogP contribution in [0, 0.1) is 0 Å². The van der Waals surface area contributed by atoms with Crippen molar-refractivity contribution in [3.63, 3.8) is 0 Å².